The highest BCUT2D eigenvalue weighted by Crippen LogP contribution is 2.53. The lowest BCUT2D eigenvalue weighted by Gasteiger charge is -2.45. The first kappa shape index (κ1) is 50.9. The van der Waals surface area contributed by atoms with Gasteiger partial charge in [0.05, 0.1) is 0 Å². The number of hydrogen-bond acceptors (Lipinski definition) is 0. The lowest BCUT2D eigenvalue weighted by molar-refractivity contribution is 0.0647. The van der Waals surface area contributed by atoms with Gasteiger partial charge in [-0.15, -0.1) is 0 Å². The zero-order valence-electron chi connectivity index (χ0n) is 44.8. The maximum absolute atomic E-state index is 2.54. The molecular formula is C66H116. The zero-order chi connectivity index (χ0) is 44.8. The van der Waals surface area contributed by atoms with Crippen molar-refractivity contribution >= 4 is 0 Å². The van der Waals surface area contributed by atoms with E-state index in [9.17, 15) is 0 Å². The molecule has 0 amide bonds. The van der Waals surface area contributed by atoms with Gasteiger partial charge in [0.2, 0.25) is 0 Å². The molecule has 16 aliphatic carbocycles. The summed E-state index contributed by atoms with van der Waals surface area (Å²) >= 11 is 0. The van der Waals surface area contributed by atoms with E-state index in [1.807, 2.05) is 0 Å². The zero-order valence-corrected chi connectivity index (χ0v) is 44.8. The van der Waals surface area contributed by atoms with Gasteiger partial charge >= 0.3 is 0 Å². The Bertz CT molecular complexity index is 1220. The maximum Gasteiger partial charge on any atom is -0.0298 e. The Kier molecular flexibility index (Phi) is 20.5. The van der Waals surface area contributed by atoms with Crippen molar-refractivity contribution in [3.8, 4) is 0 Å². The number of hydrogen-bond donors (Lipinski definition) is 0. The molecule has 0 aromatic heterocycles. The second-order valence-electron chi connectivity index (χ2n) is 28.2. The largest absolute Gasteiger partial charge is 0.0594 e. The Labute approximate surface area is 413 Å². The van der Waals surface area contributed by atoms with E-state index >= 15 is 0 Å². The fraction of sp³-hybridized carbons (Fsp3) is 1.00. The van der Waals surface area contributed by atoms with E-state index in [2.05, 4.69) is 6.92 Å². The van der Waals surface area contributed by atoms with Gasteiger partial charge in [-0.05, 0) is 158 Å². The Morgan fingerprint density at radius 3 is 0.576 bits per heavy atom. The van der Waals surface area contributed by atoms with Crippen molar-refractivity contribution in [1.29, 1.82) is 0 Å². The molecule has 0 heteroatoms. The quantitative estimate of drug-likeness (QED) is 0.227. The van der Waals surface area contributed by atoms with Crippen molar-refractivity contribution in [2.75, 3.05) is 0 Å². The minimum Gasteiger partial charge on any atom is -0.0594 e. The van der Waals surface area contributed by atoms with Crippen LogP contribution in [0, 0.1) is 94.2 Å². The first-order valence-corrected chi connectivity index (χ1v) is 32.6. The highest BCUT2D eigenvalue weighted by atomic mass is 14.5. The fourth-order valence-corrected chi connectivity index (χ4v) is 19.0. The fourth-order valence-electron chi connectivity index (χ4n) is 19.0. The molecule has 0 heterocycles. The van der Waals surface area contributed by atoms with Crippen LogP contribution in [-0.2, 0) is 0 Å². The van der Waals surface area contributed by atoms with Gasteiger partial charge in [-0.3, -0.25) is 0 Å². The van der Waals surface area contributed by atoms with Gasteiger partial charge < -0.3 is 0 Å². The standard InChI is InChI=1S/C11H20.C10H18.C9H16.2C8H14.2C7H12.C6H10/c1-11-8-4-2-6-10(11)7-3-5-9-11;1-2-6-10-8-4-3-7-9(10)5-1;1-2-5-9-7-3-6-8(9)4-1;1-3-7-5-2-6-8(7)4-1;1-2-4-8-6-5-7(8)3-1;1-2-6-4-5-7(6)3-1;1-2-4-7-5-6(7)3-1;1-2-5-4-6(5)3-1/h10H,2-9H2,1H3;9-10H,1-8H2;8-9H,1-7H2;2*7-8H,1-6H2;2*6-7H,1-5H2;5-6H,1-4H2/t;;8-,9+;;7-,8+;2*6-,7+;5-,6+. The van der Waals surface area contributed by atoms with Crippen LogP contribution in [0.15, 0.2) is 0 Å². The minimum absolute atomic E-state index is 0.774. The average Bonchev–Trinajstić information content (AvgIpc) is 3.76. The van der Waals surface area contributed by atoms with Gasteiger partial charge in [0.15, 0.2) is 0 Å². The molecule has 0 N–H and O–H groups in total. The van der Waals surface area contributed by atoms with Crippen LogP contribution in [0.2, 0.25) is 0 Å². The van der Waals surface area contributed by atoms with Crippen LogP contribution < -0.4 is 0 Å². The van der Waals surface area contributed by atoms with Gasteiger partial charge in [-0.1, -0.05) is 257 Å². The van der Waals surface area contributed by atoms with Gasteiger partial charge in [-0.2, -0.15) is 0 Å². The monoisotopic (exact) mass is 909 g/mol. The molecule has 16 saturated carbocycles. The molecule has 0 spiro atoms. The average molecular weight is 910 g/mol. The SMILES string of the molecule is C1CC2CCCC2C1.C1CCC2CCCCC2C1.C1CC[C@H]2CCC[C@H]2C1.C1CC[C@H]2CC[C@H]2C1.C1CC[C@H]2C[C@H]2C1.C1C[C@@H]2CC[C@@H]2C1.C1C[C@@H]2C[C@@H]2C1.CC12CCCCC1CCCC2. The van der Waals surface area contributed by atoms with E-state index in [0.717, 1.165) is 23.2 Å². The van der Waals surface area contributed by atoms with Crippen molar-refractivity contribution in [1.82, 2.24) is 0 Å². The van der Waals surface area contributed by atoms with Crippen molar-refractivity contribution in [2.45, 2.75) is 322 Å². The predicted molar refractivity (Wildman–Crippen MR) is 287 cm³/mol. The summed E-state index contributed by atoms with van der Waals surface area (Å²) in [6, 6.07) is 0. The summed E-state index contributed by atoms with van der Waals surface area (Å²) in [7, 11) is 0. The highest BCUT2D eigenvalue weighted by Gasteiger charge is 2.41. The van der Waals surface area contributed by atoms with Crippen LogP contribution in [0.3, 0.4) is 0 Å². The van der Waals surface area contributed by atoms with Crippen LogP contribution in [-0.4, -0.2) is 0 Å². The van der Waals surface area contributed by atoms with Crippen LogP contribution >= 0.6 is 0 Å². The van der Waals surface area contributed by atoms with Crippen molar-refractivity contribution < 1.29 is 0 Å². The third-order valence-electron chi connectivity index (χ3n) is 24.1. The molecule has 0 saturated heterocycles. The third kappa shape index (κ3) is 15.3. The first-order valence-electron chi connectivity index (χ1n) is 32.6. The van der Waals surface area contributed by atoms with Gasteiger partial charge in [0.1, 0.15) is 0 Å². The molecule has 0 aliphatic heterocycles. The highest BCUT2D eigenvalue weighted by molar-refractivity contribution is 4.92. The van der Waals surface area contributed by atoms with E-state index in [1.165, 1.54) is 219 Å². The Morgan fingerprint density at radius 2 is 0.364 bits per heavy atom. The topological polar surface area (TPSA) is 0 Å². The van der Waals surface area contributed by atoms with Gasteiger partial charge in [-0.25, -0.2) is 0 Å². The molecule has 0 unspecified atom stereocenters. The summed E-state index contributed by atoms with van der Waals surface area (Å²) in [4.78, 5) is 0. The molecular weight excluding hydrogens is 793 g/mol. The number of rotatable bonds is 0. The van der Waals surface area contributed by atoms with Gasteiger partial charge in [0, 0.05) is 0 Å². The molecule has 16 aliphatic rings. The molecule has 16 rings (SSSR count). The van der Waals surface area contributed by atoms with Crippen LogP contribution in [0.1, 0.15) is 322 Å². The van der Waals surface area contributed by atoms with Crippen molar-refractivity contribution in [3.05, 3.63) is 0 Å². The Morgan fingerprint density at radius 1 is 0.182 bits per heavy atom. The summed E-state index contributed by atoms with van der Waals surface area (Å²) in [6.45, 7) is 2.54. The molecule has 0 aromatic rings. The molecule has 380 valence electrons. The summed E-state index contributed by atoms with van der Waals surface area (Å²) < 4.78 is 0. The van der Waals surface area contributed by atoms with E-state index in [4.69, 9.17) is 0 Å². The lowest BCUT2D eigenvalue weighted by atomic mass is 9.61. The van der Waals surface area contributed by atoms with Crippen LogP contribution in [0.25, 0.3) is 0 Å². The minimum atomic E-state index is 0.774. The third-order valence-corrected chi connectivity index (χ3v) is 24.1. The lowest BCUT2D eigenvalue weighted by Crippen LogP contribution is -2.33. The molecule has 0 aromatic carbocycles. The first-order chi connectivity index (χ1) is 32.6. The summed E-state index contributed by atoms with van der Waals surface area (Å²) in [6.07, 6.45) is 75.8. The molecule has 16 fully saturated rings. The predicted octanol–water partition coefficient (Wildman–Crippen LogP) is 21.5. The smallest absolute Gasteiger partial charge is 0.0298 e. The summed E-state index contributed by atoms with van der Waals surface area (Å²) in [5.41, 5.74) is 0.774. The van der Waals surface area contributed by atoms with Gasteiger partial charge in [0.25, 0.3) is 0 Å². The molecule has 0 radical (unpaired) electrons. The number of fused-ring (bicyclic) bond motifs is 8. The summed E-state index contributed by atoms with van der Waals surface area (Å²) in [5, 5.41) is 0. The normalized spacial score (nSPS) is 45.3. The Balaban J connectivity index is 0.0000000953. The van der Waals surface area contributed by atoms with E-state index in [0.29, 0.717) is 0 Å². The van der Waals surface area contributed by atoms with Crippen molar-refractivity contribution in [3.63, 3.8) is 0 Å². The second-order valence-corrected chi connectivity index (χ2v) is 28.2. The molecule has 10 atom stereocenters. The molecule has 0 nitrogen and oxygen atoms in total. The summed E-state index contributed by atoms with van der Waals surface area (Å²) in [5.74, 6) is 17.7. The Hall–Kier alpha value is 0. The van der Waals surface area contributed by atoms with Crippen molar-refractivity contribution in [2.24, 2.45) is 94.2 Å². The second kappa shape index (κ2) is 26.6. The molecule has 66 heavy (non-hydrogen) atoms. The van der Waals surface area contributed by atoms with E-state index in [1.54, 1.807) is 167 Å². The van der Waals surface area contributed by atoms with E-state index in [-0.39, 0.29) is 0 Å². The van der Waals surface area contributed by atoms with Crippen LogP contribution in [0.5, 0.6) is 0 Å². The van der Waals surface area contributed by atoms with E-state index < -0.39 is 0 Å². The molecule has 0 bridgehead atoms. The maximum atomic E-state index is 2.54. The van der Waals surface area contributed by atoms with Crippen LogP contribution in [0.4, 0.5) is 0 Å².